The fourth-order valence-electron chi connectivity index (χ4n) is 1.68. The van der Waals surface area contributed by atoms with E-state index in [1.165, 1.54) is 31.3 Å². The van der Waals surface area contributed by atoms with Crippen LogP contribution in [-0.2, 0) is 10.0 Å². The molecule has 21 heavy (non-hydrogen) atoms. The maximum atomic E-state index is 13.2. The molecule has 0 saturated heterocycles. The van der Waals surface area contributed by atoms with Crippen LogP contribution in [0.15, 0.2) is 47.4 Å². The Balaban J connectivity index is 2.42. The highest BCUT2D eigenvalue weighted by atomic mass is 32.2. The topological polar surface area (TPSA) is 61.2 Å². The number of nitrogens with zero attached hydrogens (tertiary/aromatic N) is 2. The molecule has 0 radical (unpaired) electrons. The molecule has 108 valence electrons. The van der Waals surface area contributed by atoms with Crippen LogP contribution in [0.3, 0.4) is 0 Å². The van der Waals surface area contributed by atoms with Crippen molar-refractivity contribution in [3.63, 3.8) is 0 Å². The van der Waals surface area contributed by atoms with Crippen LogP contribution in [0, 0.1) is 23.0 Å². The van der Waals surface area contributed by atoms with Gasteiger partial charge in [-0.15, -0.1) is 0 Å². The van der Waals surface area contributed by atoms with Crippen LogP contribution in [0.25, 0.3) is 0 Å². The van der Waals surface area contributed by atoms with E-state index in [1.54, 1.807) is 0 Å². The zero-order chi connectivity index (χ0) is 15.6. The Bertz CT molecular complexity index is 812. The van der Waals surface area contributed by atoms with E-state index in [-0.39, 0.29) is 4.90 Å². The van der Waals surface area contributed by atoms with Crippen LogP contribution in [0.1, 0.15) is 5.56 Å². The highest BCUT2D eigenvalue weighted by molar-refractivity contribution is 7.92. The monoisotopic (exact) mass is 308 g/mol. The number of halogens is 2. The van der Waals surface area contributed by atoms with Gasteiger partial charge in [-0.25, -0.2) is 17.2 Å². The molecule has 0 aliphatic heterocycles. The molecule has 0 aliphatic carbocycles. The first-order chi connectivity index (χ1) is 9.86. The van der Waals surface area contributed by atoms with Crippen LogP contribution in [0.4, 0.5) is 14.5 Å². The largest absolute Gasteiger partial charge is 0.269 e. The van der Waals surface area contributed by atoms with Crippen LogP contribution < -0.4 is 4.31 Å². The molecule has 2 rings (SSSR count). The first-order valence-corrected chi connectivity index (χ1v) is 7.24. The second-order valence-corrected chi connectivity index (χ2v) is 6.18. The maximum Gasteiger partial charge on any atom is 0.264 e. The second kappa shape index (κ2) is 5.50. The minimum absolute atomic E-state index is 0.304. The van der Waals surface area contributed by atoms with E-state index >= 15 is 0 Å². The number of rotatable bonds is 3. The number of anilines is 1. The number of benzene rings is 2. The van der Waals surface area contributed by atoms with Crippen LogP contribution in [0.2, 0.25) is 0 Å². The molecule has 0 bridgehead atoms. The average Bonchev–Trinajstić information content (AvgIpc) is 2.49. The first-order valence-electron chi connectivity index (χ1n) is 5.80. The third-order valence-corrected chi connectivity index (χ3v) is 4.69. The van der Waals surface area contributed by atoms with E-state index in [2.05, 4.69) is 0 Å². The predicted molar refractivity (Wildman–Crippen MR) is 73.1 cm³/mol. The van der Waals surface area contributed by atoms with Crippen LogP contribution in [-0.4, -0.2) is 15.5 Å². The number of hydrogen-bond acceptors (Lipinski definition) is 3. The van der Waals surface area contributed by atoms with Gasteiger partial charge in [0.2, 0.25) is 0 Å². The van der Waals surface area contributed by atoms with Crippen molar-refractivity contribution in [2.45, 2.75) is 4.90 Å². The lowest BCUT2D eigenvalue weighted by molar-refractivity contribution is 0.504. The second-order valence-electron chi connectivity index (χ2n) is 4.21. The lowest BCUT2D eigenvalue weighted by atomic mass is 10.2. The summed E-state index contributed by atoms with van der Waals surface area (Å²) in [6, 6.07) is 10.1. The number of hydrogen-bond donors (Lipinski definition) is 0. The summed E-state index contributed by atoms with van der Waals surface area (Å²) in [7, 11) is -2.72. The zero-order valence-electron chi connectivity index (χ0n) is 10.9. The normalized spacial score (nSPS) is 11.0. The fourth-order valence-corrected chi connectivity index (χ4v) is 2.89. The molecule has 0 heterocycles. The smallest absolute Gasteiger partial charge is 0.264 e. The molecule has 0 amide bonds. The summed E-state index contributed by atoms with van der Waals surface area (Å²) in [6.07, 6.45) is 0. The van der Waals surface area contributed by atoms with Gasteiger partial charge in [0.25, 0.3) is 10.0 Å². The maximum absolute atomic E-state index is 13.2. The Labute approximate surface area is 120 Å². The SMILES string of the molecule is CN(c1ccc(C#N)cc1)S(=O)(=O)c1ccc(F)c(F)c1. The summed E-state index contributed by atoms with van der Waals surface area (Å²) in [6.45, 7) is 0. The molecule has 0 aliphatic rings. The van der Waals surface area contributed by atoms with Crippen molar-refractivity contribution in [3.05, 3.63) is 59.7 Å². The lowest BCUT2D eigenvalue weighted by Gasteiger charge is -2.19. The average molecular weight is 308 g/mol. The Hall–Kier alpha value is -2.46. The Kier molecular flexibility index (Phi) is 3.91. The van der Waals surface area contributed by atoms with Gasteiger partial charge in [0.05, 0.1) is 22.2 Å². The molecule has 0 saturated carbocycles. The third kappa shape index (κ3) is 2.85. The molecule has 2 aromatic carbocycles. The van der Waals surface area contributed by atoms with Crippen molar-refractivity contribution in [1.29, 1.82) is 5.26 Å². The van der Waals surface area contributed by atoms with Crippen molar-refractivity contribution in [2.75, 3.05) is 11.4 Å². The number of sulfonamides is 1. The van der Waals surface area contributed by atoms with Crippen molar-refractivity contribution >= 4 is 15.7 Å². The Morgan fingerprint density at radius 3 is 2.19 bits per heavy atom. The van der Waals surface area contributed by atoms with Gasteiger partial charge >= 0.3 is 0 Å². The molecule has 0 fully saturated rings. The van der Waals surface area contributed by atoms with Gasteiger partial charge < -0.3 is 0 Å². The van der Waals surface area contributed by atoms with Crippen molar-refractivity contribution in [1.82, 2.24) is 0 Å². The molecule has 0 atom stereocenters. The molecule has 0 N–H and O–H groups in total. The summed E-state index contributed by atoms with van der Waals surface area (Å²) < 4.78 is 51.6. The molecule has 4 nitrogen and oxygen atoms in total. The zero-order valence-corrected chi connectivity index (χ0v) is 11.7. The van der Waals surface area contributed by atoms with E-state index in [0.29, 0.717) is 17.3 Å². The quantitative estimate of drug-likeness (QED) is 0.876. The molecular weight excluding hydrogens is 298 g/mol. The lowest BCUT2D eigenvalue weighted by Crippen LogP contribution is -2.26. The van der Waals surface area contributed by atoms with Gasteiger partial charge in [-0.05, 0) is 42.5 Å². The number of nitriles is 1. The summed E-state index contributed by atoms with van der Waals surface area (Å²) in [4.78, 5) is -0.353. The molecule has 0 unspecified atom stereocenters. The minimum Gasteiger partial charge on any atom is -0.269 e. The van der Waals surface area contributed by atoms with Crippen molar-refractivity contribution in [2.24, 2.45) is 0 Å². The third-order valence-electron chi connectivity index (χ3n) is 2.91. The summed E-state index contributed by atoms with van der Waals surface area (Å²) in [5.41, 5.74) is 0.691. The van der Waals surface area contributed by atoms with Crippen LogP contribution >= 0.6 is 0 Å². The summed E-state index contributed by atoms with van der Waals surface area (Å²) in [5, 5.41) is 8.70. The van der Waals surface area contributed by atoms with Gasteiger partial charge in [0.1, 0.15) is 0 Å². The van der Waals surface area contributed by atoms with Gasteiger partial charge in [-0.3, -0.25) is 4.31 Å². The molecule has 2 aromatic rings. The standard InChI is InChI=1S/C14H10F2N2O2S/c1-18(11-4-2-10(9-17)3-5-11)21(19,20)12-6-7-13(15)14(16)8-12/h2-8H,1H3. The van der Waals surface area contributed by atoms with E-state index in [9.17, 15) is 17.2 Å². The molecular formula is C14H10F2N2O2S. The first kappa shape index (κ1) is 14.9. The minimum atomic E-state index is -4.01. The summed E-state index contributed by atoms with van der Waals surface area (Å²) >= 11 is 0. The van der Waals surface area contributed by atoms with Gasteiger partial charge in [-0.2, -0.15) is 5.26 Å². The molecule has 0 aromatic heterocycles. The van der Waals surface area contributed by atoms with Gasteiger partial charge in [-0.1, -0.05) is 0 Å². The highest BCUT2D eigenvalue weighted by Gasteiger charge is 2.22. The molecule has 0 spiro atoms. The van der Waals surface area contributed by atoms with E-state index in [0.717, 1.165) is 16.4 Å². The van der Waals surface area contributed by atoms with E-state index in [4.69, 9.17) is 5.26 Å². The van der Waals surface area contributed by atoms with Gasteiger partial charge in [0, 0.05) is 7.05 Å². The van der Waals surface area contributed by atoms with Crippen molar-refractivity contribution < 1.29 is 17.2 Å². The van der Waals surface area contributed by atoms with E-state index in [1.807, 2.05) is 6.07 Å². The van der Waals surface area contributed by atoms with Crippen molar-refractivity contribution in [3.8, 4) is 6.07 Å². The Morgan fingerprint density at radius 1 is 1.05 bits per heavy atom. The Morgan fingerprint density at radius 2 is 1.67 bits per heavy atom. The summed E-state index contributed by atoms with van der Waals surface area (Å²) in [5.74, 6) is -2.35. The molecule has 7 heteroatoms. The fraction of sp³-hybridized carbons (Fsp3) is 0.0714. The van der Waals surface area contributed by atoms with Crippen LogP contribution in [0.5, 0.6) is 0 Å². The van der Waals surface area contributed by atoms with Gasteiger partial charge in [0.15, 0.2) is 11.6 Å². The van der Waals surface area contributed by atoms with E-state index < -0.39 is 21.7 Å². The predicted octanol–water partition coefficient (Wildman–Crippen LogP) is 2.66. The highest BCUT2D eigenvalue weighted by Crippen LogP contribution is 2.23.